The molecule has 0 aliphatic carbocycles. The van der Waals surface area contributed by atoms with E-state index in [1.807, 2.05) is 5.32 Å². The average molecular weight is 589 g/mol. The number of rotatable bonds is 17. The van der Waals surface area contributed by atoms with E-state index in [4.69, 9.17) is 22.3 Å². The number of carboxylic acids is 3. The van der Waals surface area contributed by atoms with Gasteiger partial charge in [0.2, 0.25) is 23.6 Å². The minimum absolute atomic E-state index is 0.00462. The molecular formula is C22H36N8O11. The second kappa shape index (κ2) is 16.6. The van der Waals surface area contributed by atoms with Crippen LogP contribution in [0.2, 0.25) is 0 Å². The van der Waals surface area contributed by atoms with Gasteiger partial charge in [0, 0.05) is 13.1 Å². The van der Waals surface area contributed by atoms with Crippen molar-refractivity contribution in [3.8, 4) is 0 Å². The molecule has 4 amide bonds. The summed E-state index contributed by atoms with van der Waals surface area (Å²) < 4.78 is 0. The summed E-state index contributed by atoms with van der Waals surface area (Å²) in [6.45, 7) is -0.886. The van der Waals surface area contributed by atoms with Gasteiger partial charge >= 0.3 is 17.9 Å². The highest BCUT2D eigenvalue weighted by atomic mass is 16.4. The number of aliphatic carboxylic acids is 3. The monoisotopic (exact) mass is 588 g/mol. The van der Waals surface area contributed by atoms with E-state index in [0.29, 0.717) is 6.42 Å². The van der Waals surface area contributed by atoms with Crippen LogP contribution in [-0.2, 0) is 33.6 Å². The Bertz CT molecular complexity index is 1030. The van der Waals surface area contributed by atoms with Crippen LogP contribution >= 0.6 is 0 Å². The normalized spacial score (nSPS) is 17.3. The van der Waals surface area contributed by atoms with Gasteiger partial charge in [-0.15, -0.1) is 0 Å². The molecule has 0 spiro atoms. The Hall–Kier alpha value is -4.52. The largest absolute Gasteiger partial charge is 0.481 e. The number of aliphatic hydroxyl groups is 1. The van der Waals surface area contributed by atoms with E-state index in [0.717, 1.165) is 4.90 Å². The number of nitrogens with two attached hydrogens (primary N) is 3. The maximum atomic E-state index is 13.3. The van der Waals surface area contributed by atoms with Gasteiger partial charge in [-0.25, -0.2) is 4.79 Å². The summed E-state index contributed by atoms with van der Waals surface area (Å²) in [7, 11) is 0. The highest BCUT2D eigenvalue weighted by Crippen LogP contribution is 2.20. The van der Waals surface area contributed by atoms with Gasteiger partial charge in [-0.2, -0.15) is 0 Å². The first-order valence-corrected chi connectivity index (χ1v) is 12.5. The number of hydrogen-bond donors (Lipinski definition) is 10. The van der Waals surface area contributed by atoms with E-state index < -0.39 is 91.2 Å². The lowest BCUT2D eigenvalue weighted by molar-refractivity contribution is -0.147. The molecule has 19 nitrogen and oxygen atoms in total. The first kappa shape index (κ1) is 34.5. The van der Waals surface area contributed by atoms with Crippen LogP contribution in [0.4, 0.5) is 0 Å². The van der Waals surface area contributed by atoms with Gasteiger partial charge in [0.1, 0.15) is 24.2 Å². The van der Waals surface area contributed by atoms with Crippen LogP contribution in [0.3, 0.4) is 0 Å². The van der Waals surface area contributed by atoms with Crippen molar-refractivity contribution in [1.82, 2.24) is 20.9 Å². The van der Waals surface area contributed by atoms with Crippen molar-refractivity contribution in [3.63, 3.8) is 0 Å². The fourth-order valence-corrected chi connectivity index (χ4v) is 3.93. The maximum absolute atomic E-state index is 13.3. The summed E-state index contributed by atoms with van der Waals surface area (Å²) in [6, 6.07) is -7.50. The first-order chi connectivity index (χ1) is 19.2. The van der Waals surface area contributed by atoms with E-state index >= 15 is 0 Å². The number of aliphatic hydroxyl groups excluding tert-OH is 1. The average Bonchev–Trinajstić information content (AvgIpc) is 3.37. The summed E-state index contributed by atoms with van der Waals surface area (Å²) in [5.74, 6) is -8.45. The van der Waals surface area contributed by atoms with Crippen LogP contribution in [0, 0.1) is 0 Å². The molecule has 41 heavy (non-hydrogen) atoms. The fourth-order valence-electron chi connectivity index (χ4n) is 3.93. The van der Waals surface area contributed by atoms with E-state index in [2.05, 4.69) is 15.6 Å². The van der Waals surface area contributed by atoms with Gasteiger partial charge in [-0.1, -0.05) is 0 Å². The summed E-state index contributed by atoms with van der Waals surface area (Å²) >= 11 is 0. The second-order valence-electron chi connectivity index (χ2n) is 9.15. The Balaban J connectivity index is 2.98. The molecule has 1 saturated heterocycles. The molecule has 0 saturated carbocycles. The van der Waals surface area contributed by atoms with Crippen LogP contribution in [0.1, 0.15) is 38.5 Å². The van der Waals surface area contributed by atoms with Gasteiger partial charge in [-0.3, -0.25) is 33.8 Å². The smallest absolute Gasteiger partial charge is 0.326 e. The van der Waals surface area contributed by atoms with Gasteiger partial charge in [0.25, 0.3) is 0 Å². The molecule has 5 atom stereocenters. The quantitative estimate of drug-likeness (QED) is 0.0431. The molecular weight excluding hydrogens is 552 g/mol. The van der Waals surface area contributed by atoms with E-state index in [1.54, 1.807) is 0 Å². The van der Waals surface area contributed by atoms with Crippen molar-refractivity contribution in [1.29, 1.82) is 0 Å². The lowest BCUT2D eigenvalue weighted by atomic mass is 10.1. The third-order valence-electron chi connectivity index (χ3n) is 5.94. The van der Waals surface area contributed by atoms with E-state index in [1.165, 1.54) is 0 Å². The Kier molecular flexibility index (Phi) is 13.9. The number of carbonyl (C=O) groups excluding carboxylic acids is 4. The van der Waals surface area contributed by atoms with Crippen molar-refractivity contribution in [2.75, 3.05) is 19.7 Å². The number of carbonyl (C=O) groups is 7. The first-order valence-electron chi connectivity index (χ1n) is 12.5. The molecule has 1 heterocycles. The predicted molar refractivity (Wildman–Crippen MR) is 138 cm³/mol. The summed E-state index contributed by atoms with van der Waals surface area (Å²) in [5, 5.41) is 43.5. The number of hydrogen-bond acceptors (Lipinski definition) is 10. The van der Waals surface area contributed by atoms with Crippen molar-refractivity contribution in [2.24, 2.45) is 22.2 Å². The highest BCUT2D eigenvalue weighted by molar-refractivity contribution is 5.97. The molecule has 0 aromatic heterocycles. The zero-order chi connectivity index (χ0) is 31.3. The summed E-state index contributed by atoms with van der Waals surface area (Å²) in [5.41, 5.74) is 15.9. The predicted octanol–water partition coefficient (Wildman–Crippen LogP) is -5.16. The van der Waals surface area contributed by atoms with Gasteiger partial charge in [0.15, 0.2) is 5.96 Å². The van der Waals surface area contributed by atoms with Crippen LogP contribution < -0.4 is 33.2 Å². The van der Waals surface area contributed by atoms with Crippen LogP contribution in [-0.4, -0.2) is 123 Å². The maximum Gasteiger partial charge on any atom is 0.326 e. The molecule has 0 bridgehead atoms. The Morgan fingerprint density at radius 1 is 0.878 bits per heavy atom. The second-order valence-corrected chi connectivity index (χ2v) is 9.15. The molecule has 1 aliphatic rings. The molecule has 1 aliphatic heterocycles. The molecule has 13 N–H and O–H groups in total. The van der Waals surface area contributed by atoms with Crippen molar-refractivity contribution in [2.45, 2.75) is 68.7 Å². The summed E-state index contributed by atoms with van der Waals surface area (Å²) in [6.07, 6.45) is -1.07. The topological polar surface area (TPSA) is 330 Å². The fraction of sp³-hybridized carbons (Fsp3) is 0.636. The Morgan fingerprint density at radius 2 is 1.49 bits per heavy atom. The number of nitrogens with one attached hydrogen (secondary N) is 3. The number of carboxylic acid groups (broad SMARTS) is 3. The summed E-state index contributed by atoms with van der Waals surface area (Å²) in [4.78, 5) is 89.5. The SMILES string of the molecule is NC(N)=NCCC[C@H](NC(=O)[C@@H]1CCCN1C(=O)[C@H](CC(=O)O)NC(=O)[C@H](CO)NC(=O)[C@@H](N)CC(=O)O)C(=O)O. The minimum Gasteiger partial charge on any atom is -0.481 e. The standard InChI is InChI=1S/C22H36N8O11/c23-10(7-15(32)33)17(36)29-13(9-31)18(37)28-12(8-16(34)35)20(39)30-6-2-4-14(30)19(38)27-11(21(40)41)3-1-5-26-22(24)25/h10-14,31H,1-9,23H2,(H,27,38)(H,28,37)(H,29,36)(H,32,33)(H,34,35)(H,40,41)(H4,24,25,26)/t10-,11-,12-,13-,14-/m0/s1. The molecule has 19 heteroatoms. The van der Waals surface area contributed by atoms with Crippen molar-refractivity contribution in [3.05, 3.63) is 0 Å². The van der Waals surface area contributed by atoms with Crippen molar-refractivity contribution >= 4 is 47.5 Å². The van der Waals surface area contributed by atoms with E-state index in [9.17, 15) is 48.9 Å². The third-order valence-corrected chi connectivity index (χ3v) is 5.94. The van der Waals surface area contributed by atoms with Crippen LogP contribution in [0.5, 0.6) is 0 Å². The molecule has 0 unspecified atom stereocenters. The van der Waals surface area contributed by atoms with Crippen molar-refractivity contribution < 1.29 is 54.0 Å². The highest BCUT2D eigenvalue weighted by Gasteiger charge is 2.40. The molecule has 230 valence electrons. The zero-order valence-electron chi connectivity index (χ0n) is 22.0. The molecule has 1 fully saturated rings. The van der Waals surface area contributed by atoms with E-state index in [-0.39, 0.29) is 38.3 Å². The minimum atomic E-state index is -1.73. The molecule has 1 rings (SSSR count). The van der Waals surface area contributed by atoms with Gasteiger partial charge < -0.3 is 58.5 Å². The zero-order valence-corrected chi connectivity index (χ0v) is 22.0. The Labute approximate surface area is 233 Å². The number of amides is 4. The molecule has 0 aromatic carbocycles. The third kappa shape index (κ3) is 11.6. The van der Waals surface area contributed by atoms with Crippen LogP contribution in [0.15, 0.2) is 4.99 Å². The lowest BCUT2D eigenvalue weighted by Gasteiger charge is -2.29. The number of likely N-dealkylation sites (tertiary alicyclic amines) is 1. The number of guanidine groups is 1. The number of nitrogens with zero attached hydrogens (tertiary/aromatic N) is 2. The molecule has 0 aromatic rings. The Morgan fingerprint density at radius 3 is 2.02 bits per heavy atom. The van der Waals surface area contributed by atoms with Gasteiger partial charge in [0.05, 0.1) is 25.5 Å². The lowest BCUT2D eigenvalue weighted by Crippen LogP contribution is -2.59. The molecule has 0 radical (unpaired) electrons. The number of aliphatic imine (C=N–C) groups is 1. The van der Waals surface area contributed by atoms with Crippen LogP contribution in [0.25, 0.3) is 0 Å². The van der Waals surface area contributed by atoms with Gasteiger partial charge in [-0.05, 0) is 25.7 Å².